The fourth-order valence-corrected chi connectivity index (χ4v) is 3.39. The summed E-state index contributed by atoms with van der Waals surface area (Å²) < 4.78 is 2.25. The van der Waals surface area contributed by atoms with Crippen molar-refractivity contribution in [3.05, 3.63) is 69.1 Å². The highest BCUT2D eigenvalue weighted by atomic mass is 79.9. The van der Waals surface area contributed by atoms with Crippen molar-refractivity contribution in [2.75, 3.05) is 11.9 Å². The maximum Gasteiger partial charge on any atom is 0.273 e. The molecule has 0 aliphatic heterocycles. The Morgan fingerprint density at radius 3 is 2.66 bits per heavy atom. The number of amides is 2. The number of fused-ring (bicyclic) bond motifs is 1. The molecule has 0 atom stereocenters. The third-order valence-electron chi connectivity index (χ3n) is 4.29. The molecule has 150 valence electrons. The van der Waals surface area contributed by atoms with Gasteiger partial charge in [-0.25, -0.2) is 4.98 Å². The quantitative estimate of drug-likeness (QED) is 0.571. The van der Waals surface area contributed by atoms with Crippen molar-refractivity contribution in [3.63, 3.8) is 0 Å². The Morgan fingerprint density at radius 2 is 1.90 bits per heavy atom. The second-order valence-corrected chi connectivity index (χ2v) is 7.37. The van der Waals surface area contributed by atoms with Crippen LogP contribution in [0.2, 0.25) is 0 Å². The first-order valence-electron chi connectivity index (χ1n) is 9.28. The van der Waals surface area contributed by atoms with Crippen molar-refractivity contribution in [1.29, 1.82) is 0 Å². The zero-order valence-electron chi connectivity index (χ0n) is 15.9. The van der Waals surface area contributed by atoms with Gasteiger partial charge in [0.15, 0.2) is 0 Å². The molecular formula is C21H21BrN4O3. The van der Waals surface area contributed by atoms with E-state index in [0.29, 0.717) is 23.3 Å². The number of aromatic nitrogens is 2. The van der Waals surface area contributed by atoms with Gasteiger partial charge in [0, 0.05) is 29.5 Å². The molecule has 29 heavy (non-hydrogen) atoms. The number of anilines is 1. The minimum atomic E-state index is -0.364. The summed E-state index contributed by atoms with van der Waals surface area (Å²) in [4.78, 5) is 41.7. The predicted molar refractivity (Wildman–Crippen MR) is 116 cm³/mol. The molecule has 0 saturated carbocycles. The molecule has 0 aliphatic carbocycles. The lowest BCUT2D eigenvalue weighted by Crippen LogP contribution is -2.32. The smallest absolute Gasteiger partial charge is 0.273 e. The number of hydrogen-bond acceptors (Lipinski definition) is 4. The summed E-state index contributed by atoms with van der Waals surface area (Å²) in [7, 11) is 0. The number of carbonyl (C=O) groups is 2. The van der Waals surface area contributed by atoms with E-state index in [1.165, 1.54) is 4.57 Å². The minimum absolute atomic E-state index is 0.138. The Morgan fingerprint density at radius 1 is 1.10 bits per heavy atom. The number of hydrogen-bond donors (Lipinski definition) is 2. The Bertz CT molecular complexity index is 1110. The van der Waals surface area contributed by atoms with E-state index in [1.54, 1.807) is 30.3 Å². The van der Waals surface area contributed by atoms with Gasteiger partial charge in [-0.05, 0) is 37.3 Å². The van der Waals surface area contributed by atoms with E-state index in [1.807, 2.05) is 25.1 Å². The van der Waals surface area contributed by atoms with Crippen molar-refractivity contribution in [2.24, 2.45) is 0 Å². The lowest BCUT2D eigenvalue weighted by atomic mass is 10.2. The predicted octanol–water partition coefficient (Wildman–Crippen LogP) is 2.87. The summed E-state index contributed by atoms with van der Waals surface area (Å²) in [6, 6.07) is 14.4. The van der Waals surface area contributed by atoms with Gasteiger partial charge in [0.1, 0.15) is 12.2 Å². The van der Waals surface area contributed by atoms with E-state index in [2.05, 4.69) is 31.5 Å². The van der Waals surface area contributed by atoms with Gasteiger partial charge in [-0.1, -0.05) is 34.1 Å². The van der Waals surface area contributed by atoms with Crippen LogP contribution in [0.3, 0.4) is 0 Å². The Hall–Kier alpha value is -3.00. The maximum absolute atomic E-state index is 13.0. The molecule has 0 saturated heterocycles. The molecule has 0 radical (unpaired) electrons. The molecule has 2 amide bonds. The second kappa shape index (κ2) is 9.47. The summed E-state index contributed by atoms with van der Waals surface area (Å²) in [5, 5.41) is 5.50. The van der Waals surface area contributed by atoms with E-state index in [0.717, 1.165) is 4.47 Å². The molecule has 0 aliphatic rings. The van der Waals surface area contributed by atoms with E-state index in [9.17, 15) is 14.4 Å². The number of carbonyl (C=O) groups excluding carboxylic acids is 2. The van der Waals surface area contributed by atoms with Crippen molar-refractivity contribution in [2.45, 2.75) is 26.3 Å². The number of halogens is 1. The van der Waals surface area contributed by atoms with Crippen molar-refractivity contribution in [3.8, 4) is 0 Å². The first-order valence-corrected chi connectivity index (χ1v) is 10.1. The number of aryl methyl sites for hydroxylation is 1. The van der Waals surface area contributed by atoms with Gasteiger partial charge in [-0.3, -0.25) is 19.0 Å². The van der Waals surface area contributed by atoms with Crippen LogP contribution in [0.1, 0.15) is 19.0 Å². The molecule has 8 heteroatoms. The van der Waals surface area contributed by atoms with E-state index >= 15 is 0 Å². The number of benzene rings is 2. The van der Waals surface area contributed by atoms with Crippen LogP contribution in [-0.4, -0.2) is 27.9 Å². The number of nitrogens with zero attached hydrogens (tertiary/aromatic N) is 2. The van der Waals surface area contributed by atoms with Crippen LogP contribution < -0.4 is 16.2 Å². The third kappa shape index (κ3) is 5.29. The highest BCUT2D eigenvalue weighted by Crippen LogP contribution is 2.16. The molecule has 0 bridgehead atoms. The molecule has 3 aromatic rings. The second-order valence-electron chi connectivity index (χ2n) is 6.45. The molecular weight excluding hydrogens is 436 g/mol. The summed E-state index contributed by atoms with van der Waals surface area (Å²) in [6.07, 6.45) is 0.376. The van der Waals surface area contributed by atoms with Crippen LogP contribution in [0.5, 0.6) is 0 Å². The Kier molecular flexibility index (Phi) is 6.77. The third-order valence-corrected chi connectivity index (χ3v) is 4.79. The zero-order valence-corrected chi connectivity index (χ0v) is 17.5. The molecule has 2 N–H and O–H groups in total. The standard InChI is InChI=1S/C21H21BrN4O3/c1-2-23-19(27)11-10-17-21(29)26(18-9-4-3-8-16(18)25-17)13-20(28)24-15-7-5-6-14(22)12-15/h3-9,12H,2,10-11,13H2,1H3,(H,23,27)(H,24,28). The van der Waals surface area contributed by atoms with Crippen LogP contribution in [-0.2, 0) is 22.6 Å². The fourth-order valence-electron chi connectivity index (χ4n) is 2.99. The lowest BCUT2D eigenvalue weighted by molar-refractivity contribution is -0.121. The molecule has 3 rings (SSSR count). The van der Waals surface area contributed by atoms with Crippen LogP contribution >= 0.6 is 15.9 Å². The van der Waals surface area contributed by atoms with Gasteiger partial charge in [0.05, 0.1) is 11.0 Å². The van der Waals surface area contributed by atoms with Gasteiger partial charge in [-0.2, -0.15) is 0 Å². The molecule has 0 spiro atoms. The van der Waals surface area contributed by atoms with Crippen LogP contribution in [0, 0.1) is 0 Å². The largest absolute Gasteiger partial charge is 0.356 e. The summed E-state index contributed by atoms with van der Waals surface area (Å²) >= 11 is 3.37. The fraction of sp³-hybridized carbons (Fsp3) is 0.238. The normalized spacial score (nSPS) is 10.7. The van der Waals surface area contributed by atoms with Gasteiger partial charge < -0.3 is 10.6 Å². The number of rotatable bonds is 7. The SMILES string of the molecule is CCNC(=O)CCc1nc2ccccc2n(CC(=O)Nc2cccc(Br)c2)c1=O. The molecule has 1 aromatic heterocycles. The molecule has 0 unspecified atom stereocenters. The van der Waals surface area contributed by atoms with Gasteiger partial charge >= 0.3 is 0 Å². The first-order chi connectivity index (χ1) is 14.0. The van der Waals surface area contributed by atoms with Crippen molar-refractivity contribution in [1.82, 2.24) is 14.9 Å². The molecule has 0 fully saturated rings. The summed E-state index contributed by atoms with van der Waals surface area (Å²) in [6.45, 7) is 2.22. The van der Waals surface area contributed by atoms with Crippen molar-refractivity contribution < 1.29 is 9.59 Å². The van der Waals surface area contributed by atoms with Crippen LogP contribution in [0.15, 0.2) is 57.8 Å². The van der Waals surface area contributed by atoms with Crippen molar-refractivity contribution >= 4 is 44.5 Å². The van der Waals surface area contributed by atoms with Crippen LogP contribution in [0.4, 0.5) is 5.69 Å². The molecule has 7 nitrogen and oxygen atoms in total. The average molecular weight is 457 g/mol. The van der Waals surface area contributed by atoms with Gasteiger partial charge in [0.25, 0.3) is 5.56 Å². The minimum Gasteiger partial charge on any atom is -0.356 e. The van der Waals surface area contributed by atoms with E-state index in [4.69, 9.17) is 0 Å². The Labute approximate surface area is 176 Å². The Balaban J connectivity index is 1.89. The highest BCUT2D eigenvalue weighted by molar-refractivity contribution is 9.10. The topological polar surface area (TPSA) is 93.1 Å². The number of para-hydroxylation sites is 2. The monoisotopic (exact) mass is 456 g/mol. The van der Waals surface area contributed by atoms with E-state index in [-0.39, 0.29) is 42.5 Å². The van der Waals surface area contributed by atoms with Crippen LogP contribution in [0.25, 0.3) is 11.0 Å². The van der Waals surface area contributed by atoms with Gasteiger partial charge in [-0.15, -0.1) is 0 Å². The molecule has 1 heterocycles. The molecule has 2 aromatic carbocycles. The van der Waals surface area contributed by atoms with Gasteiger partial charge in [0.2, 0.25) is 11.8 Å². The summed E-state index contributed by atoms with van der Waals surface area (Å²) in [5.41, 5.74) is 1.71. The lowest BCUT2D eigenvalue weighted by Gasteiger charge is -2.13. The summed E-state index contributed by atoms with van der Waals surface area (Å²) in [5.74, 6) is -0.461. The average Bonchev–Trinajstić information content (AvgIpc) is 2.69. The first kappa shape index (κ1) is 20.7. The van der Waals surface area contributed by atoms with E-state index < -0.39 is 0 Å². The highest BCUT2D eigenvalue weighted by Gasteiger charge is 2.15. The zero-order chi connectivity index (χ0) is 20.8. The maximum atomic E-state index is 13.0. The number of nitrogens with one attached hydrogen (secondary N) is 2.